The van der Waals surface area contributed by atoms with E-state index in [2.05, 4.69) is 16.0 Å². The third kappa shape index (κ3) is 3.91. The minimum absolute atomic E-state index is 0.0942. The first kappa shape index (κ1) is 18.9. The van der Waals surface area contributed by atoms with E-state index in [0.29, 0.717) is 24.2 Å². The maximum atomic E-state index is 13.5. The van der Waals surface area contributed by atoms with Crippen LogP contribution in [-0.2, 0) is 6.54 Å². The number of anilines is 1. The lowest BCUT2D eigenvalue weighted by atomic mass is 10.1. The van der Waals surface area contributed by atoms with Gasteiger partial charge >= 0.3 is 0 Å². The number of nitrogens with two attached hydrogens (primary N) is 1. The first-order valence-corrected chi connectivity index (χ1v) is 9.80. The minimum atomic E-state index is -0.0950. The predicted octanol–water partition coefficient (Wildman–Crippen LogP) is 2.76. The molecule has 2 N–H and O–H groups in total. The van der Waals surface area contributed by atoms with Crippen LogP contribution in [0.5, 0.6) is 0 Å². The average molecular weight is 385 g/mol. The molecule has 3 aromatic rings. The molecule has 0 aliphatic carbocycles. The molecular formula is C23H23N5O. The lowest BCUT2D eigenvalue weighted by Crippen LogP contribution is -2.45. The minimum Gasteiger partial charge on any atom is -0.356 e. The molecule has 0 spiro atoms. The number of pyridine rings is 2. The van der Waals surface area contributed by atoms with Crippen molar-refractivity contribution in [1.82, 2.24) is 9.55 Å². The second-order valence-electron chi connectivity index (χ2n) is 7.36. The molecule has 1 atom stereocenters. The number of piperidine rings is 1. The van der Waals surface area contributed by atoms with Crippen LogP contribution in [0.4, 0.5) is 5.82 Å². The number of hydrogen-bond acceptors (Lipinski definition) is 5. The Balaban J connectivity index is 1.84. The zero-order valence-corrected chi connectivity index (χ0v) is 16.2. The van der Waals surface area contributed by atoms with Gasteiger partial charge in [-0.1, -0.05) is 24.3 Å². The highest BCUT2D eigenvalue weighted by Gasteiger charge is 2.21. The van der Waals surface area contributed by atoms with Gasteiger partial charge < -0.3 is 10.6 Å². The smallest absolute Gasteiger partial charge is 0.260 e. The fourth-order valence-electron chi connectivity index (χ4n) is 3.89. The van der Waals surface area contributed by atoms with Gasteiger partial charge in [-0.2, -0.15) is 5.26 Å². The highest BCUT2D eigenvalue weighted by atomic mass is 16.1. The van der Waals surface area contributed by atoms with Gasteiger partial charge in [0.05, 0.1) is 18.2 Å². The molecule has 0 saturated carbocycles. The van der Waals surface area contributed by atoms with Gasteiger partial charge in [-0.05, 0) is 42.7 Å². The zero-order valence-electron chi connectivity index (χ0n) is 16.2. The van der Waals surface area contributed by atoms with E-state index in [0.717, 1.165) is 36.3 Å². The van der Waals surface area contributed by atoms with Crippen LogP contribution >= 0.6 is 0 Å². The van der Waals surface area contributed by atoms with Gasteiger partial charge in [0.25, 0.3) is 5.56 Å². The van der Waals surface area contributed by atoms with Crippen molar-refractivity contribution in [2.45, 2.75) is 25.4 Å². The summed E-state index contributed by atoms with van der Waals surface area (Å²) in [5.41, 5.74) is 8.87. The summed E-state index contributed by atoms with van der Waals surface area (Å²) in [6.45, 7) is 1.91. The maximum Gasteiger partial charge on any atom is 0.260 e. The number of aromatic nitrogens is 2. The van der Waals surface area contributed by atoms with Crippen LogP contribution in [0.25, 0.3) is 11.1 Å². The Labute approximate surface area is 169 Å². The van der Waals surface area contributed by atoms with Crippen LogP contribution in [0.3, 0.4) is 0 Å². The zero-order chi connectivity index (χ0) is 20.2. The second-order valence-corrected chi connectivity index (χ2v) is 7.36. The molecule has 1 aliphatic heterocycles. The molecule has 1 fully saturated rings. The van der Waals surface area contributed by atoms with Gasteiger partial charge in [0.2, 0.25) is 0 Å². The van der Waals surface area contributed by atoms with Crippen molar-refractivity contribution in [3.05, 3.63) is 82.4 Å². The number of rotatable bonds is 4. The van der Waals surface area contributed by atoms with E-state index in [9.17, 15) is 10.1 Å². The summed E-state index contributed by atoms with van der Waals surface area (Å²) in [6, 6.07) is 17.3. The van der Waals surface area contributed by atoms with E-state index in [1.54, 1.807) is 23.0 Å². The summed E-state index contributed by atoms with van der Waals surface area (Å²) < 4.78 is 1.76. The van der Waals surface area contributed by atoms with Crippen LogP contribution < -0.4 is 16.2 Å². The van der Waals surface area contributed by atoms with Gasteiger partial charge in [-0.3, -0.25) is 14.3 Å². The van der Waals surface area contributed by atoms with E-state index in [-0.39, 0.29) is 11.6 Å². The normalized spacial score (nSPS) is 16.4. The summed E-state index contributed by atoms with van der Waals surface area (Å²) in [6.07, 6.45) is 5.37. The molecule has 1 aromatic carbocycles. The van der Waals surface area contributed by atoms with Gasteiger partial charge in [-0.25, -0.2) is 0 Å². The molecule has 29 heavy (non-hydrogen) atoms. The molecule has 6 nitrogen and oxygen atoms in total. The molecule has 4 rings (SSSR count). The summed E-state index contributed by atoms with van der Waals surface area (Å²) in [7, 11) is 0. The average Bonchev–Trinajstić information content (AvgIpc) is 2.76. The first-order chi connectivity index (χ1) is 14.2. The Bertz CT molecular complexity index is 1100. The monoisotopic (exact) mass is 385 g/mol. The number of nitrogens with zero attached hydrogens (tertiary/aromatic N) is 4. The number of nitriles is 1. The molecule has 1 unspecified atom stereocenters. The highest BCUT2D eigenvalue weighted by molar-refractivity contribution is 5.63. The third-order valence-electron chi connectivity index (χ3n) is 5.37. The Kier molecular flexibility index (Phi) is 5.41. The fourth-order valence-corrected chi connectivity index (χ4v) is 3.89. The standard InChI is InChI=1S/C23H23N5O/c24-13-17-5-1-2-6-19(17)15-28-22(27-12-4-8-20(25)16-27)10-9-21(23(28)29)18-7-3-11-26-14-18/h1-3,5-7,9-11,14,20H,4,8,12,15-16,25H2. The topological polar surface area (TPSA) is 87.9 Å². The molecular weight excluding hydrogens is 362 g/mol. The van der Waals surface area contributed by atoms with Gasteiger partial charge in [0.15, 0.2) is 0 Å². The quantitative estimate of drug-likeness (QED) is 0.746. The van der Waals surface area contributed by atoms with Crippen LogP contribution in [0, 0.1) is 11.3 Å². The van der Waals surface area contributed by atoms with Crippen molar-refractivity contribution < 1.29 is 0 Å². The number of hydrogen-bond donors (Lipinski definition) is 1. The Morgan fingerprint density at radius 1 is 1.17 bits per heavy atom. The van der Waals surface area contributed by atoms with Crippen molar-refractivity contribution in [1.29, 1.82) is 5.26 Å². The molecule has 1 aliphatic rings. The Morgan fingerprint density at radius 2 is 2.03 bits per heavy atom. The first-order valence-electron chi connectivity index (χ1n) is 9.80. The van der Waals surface area contributed by atoms with E-state index in [4.69, 9.17) is 5.73 Å². The molecule has 3 heterocycles. The molecule has 0 bridgehead atoms. The Hall–Kier alpha value is -3.43. The highest BCUT2D eigenvalue weighted by Crippen LogP contribution is 2.23. The van der Waals surface area contributed by atoms with Crippen LogP contribution in [0.1, 0.15) is 24.0 Å². The lowest BCUT2D eigenvalue weighted by Gasteiger charge is -2.34. The van der Waals surface area contributed by atoms with Crippen LogP contribution in [-0.4, -0.2) is 28.7 Å². The van der Waals surface area contributed by atoms with Crippen LogP contribution in [0.2, 0.25) is 0 Å². The largest absolute Gasteiger partial charge is 0.356 e. The molecule has 1 saturated heterocycles. The van der Waals surface area contributed by atoms with Crippen molar-refractivity contribution in [2.75, 3.05) is 18.0 Å². The molecule has 0 amide bonds. The van der Waals surface area contributed by atoms with Gasteiger partial charge in [-0.15, -0.1) is 0 Å². The van der Waals surface area contributed by atoms with E-state index in [1.807, 2.05) is 42.5 Å². The molecule has 146 valence electrons. The van der Waals surface area contributed by atoms with E-state index >= 15 is 0 Å². The fraction of sp³-hybridized carbons (Fsp3) is 0.261. The summed E-state index contributed by atoms with van der Waals surface area (Å²) in [5.74, 6) is 0.838. The van der Waals surface area contributed by atoms with Gasteiger partial charge in [0, 0.05) is 42.7 Å². The maximum absolute atomic E-state index is 13.5. The van der Waals surface area contributed by atoms with Crippen molar-refractivity contribution >= 4 is 5.82 Å². The molecule has 0 radical (unpaired) electrons. The van der Waals surface area contributed by atoms with Crippen LogP contribution in [0.15, 0.2) is 65.7 Å². The van der Waals surface area contributed by atoms with Crippen molar-refractivity contribution in [3.8, 4) is 17.2 Å². The van der Waals surface area contributed by atoms with E-state index in [1.165, 1.54) is 0 Å². The van der Waals surface area contributed by atoms with Crippen molar-refractivity contribution in [3.63, 3.8) is 0 Å². The number of benzene rings is 1. The van der Waals surface area contributed by atoms with Gasteiger partial charge in [0.1, 0.15) is 5.82 Å². The lowest BCUT2D eigenvalue weighted by molar-refractivity contribution is 0.496. The Morgan fingerprint density at radius 3 is 2.79 bits per heavy atom. The SMILES string of the molecule is N#Cc1ccccc1Cn1c(N2CCCC(N)C2)ccc(-c2cccnc2)c1=O. The van der Waals surface area contributed by atoms with E-state index < -0.39 is 0 Å². The third-order valence-corrected chi connectivity index (χ3v) is 5.37. The summed E-state index contributed by atoms with van der Waals surface area (Å²) in [4.78, 5) is 19.8. The molecule has 2 aromatic heterocycles. The van der Waals surface area contributed by atoms with Crippen molar-refractivity contribution in [2.24, 2.45) is 5.73 Å². The molecule has 6 heteroatoms. The predicted molar refractivity (Wildman–Crippen MR) is 114 cm³/mol. The summed E-state index contributed by atoms with van der Waals surface area (Å²) >= 11 is 0. The summed E-state index contributed by atoms with van der Waals surface area (Å²) in [5, 5.41) is 9.48. The second kappa shape index (κ2) is 8.29.